The van der Waals surface area contributed by atoms with Crippen LogP contribution in [0.4, 0.5) is 16.2 Å². The smallest absolute Gasteiger partial charge is 0.338 e. The van der Waals surface area contributed by atoms with Gasteiger partial charge in [-0.25, -0.2) is 9.69 Å². The number of carbonyl (C=O) groups is 3. The molecular weight excluding hydrogens is 382 g/mol. The van der Waals surface area contributed by atoms with Crippen LogP contribution in [0.1, 0.15) is 5.56 Å². The molecule has 0 bridgehead atoms. The average Bonchev–Trinajstić information content (AvgIpc) is 2.94. The Morgan fingerprint density at radius 2 is 1.59 bits per heavy atom. The molecule has 0 aromatic heterocycles. The van der Waals surface area contributed by atoms with Gasteiger partial charge in [0.1, 0.15) is 0 Å². The van der Waals surface area contributed by atoms with Crippen LogP contribution in [0.2, 0.25) is 0 Å². The second-order valence-corrected chi connectivity index (χ2v) is 6.09. The Hall–Kier alpha value is -3.95. The molecule has 0 aliphatic carbocycles. The summed E-state index contributed by atoms with van der Waals surface area (Å²) >= 11 is 0. The van der Waals surface area contributed by atoms with Gasteiger partial charge >= 0.3 is 17.8 Å². The van der Waals surface area contributed by atoms with Crippen LogP contribution < -0.4 is 14.4 Å². The molecule has 0 unspecified atom stereocenters. The maximum absolute atomic E-state index is 12.6. The topological polar surface area (TPSA) is 119 Å². The van der Waals surface area contributed by atoms with Gasteiger partial charge < -0.3 is 9.47 Å². The van der Waals surface area contributed by atoms with Crippen LogP contribution in [0, 0.1) is 10.1 Å². The average molecular weight is 399 g/mol. The molecule has 1 heterocycles. The van der Waals surface area contributed by atoms with E-state index in [1.165, 1.54) is 26.4 Å². The van der Waals surface area contributed by atoms with Crippen LogP contribution in [0.5, 0.6) is 11.5 Å². The molecule has 3 rings (SSSR count). The van der Waals surface area contributed by atoms with Gasteiger partial charge in [0.2, 0.25) is 0 Å². The molecule has 0 N–H and O–H groups in total. The molecule has 2 aromatic rings. The Morgan fingerprint density at radius 3 is 2.17 bits per heavy atom. The van der Waals surface area contributed by atoms with Gasteiger partial charge in [-0.15, -0.1) is 0 Å². The third kappa shape index (κ3) is 3.72. The first-order valence-corrected chi connectivity index (χ1v) is 8.52. The van der Waals surface area contributed by atoms with Crippen molar-refractivity contribution < 1.29 is 28.8 Å². The number of non-ortho nitro benzene ring substituents is 1. The molecule has 1 saturated heterocycles. The van der Waals surface area contributed by atoms with E-state index in [-0.39, 0.29) is 17.9 Å². The van der Waals surface area contributed by atoms with Gasteiger partial charge in [0, 0.05) is 18.7 Å². The van der Waals surface area contributed by atoms with Gasteiger partial charge in [-0.1, -0.05) is 6.07 Å². The first kappa shape index (κ1) is 19.8. The molecule has 1 fully saturated rings. The highest BCUT2D eigenvalue weighted by atomic mass is 16.6. The summed E-state index contributed by atoms with van der Waals surface area (Å²) in [6.45, 7) is -0.0115. The lowest BCUT2D eigenvalue weighted by atomic mass is 10.1. The predicted octanol–water partition coefficient (Wildman–Crippen LogP) is 2.15. The lowest BCUT2D eigenvalue weighted by Gasteiger charge is -2.16. The van der Waals surface area contributed by atoms with Crippen molar-refractivity contribution in [2.75, 3.05) is 25.7 Å². The predicted molar refractivity (Wildman–Crippen MR) is 101 cm³/mol. The van der Waals surface area contributed by atoms with Gasteiger partial charge in [0.05, 0.1) is 24.8 Å². The van der Waals surface area contributed by atoms with E-state index >= 15 is 0 Å². The zero-order chi connectivity index (χ0) is 21.1. The molecule has 10 heteroatoms. The number of hydrogen-bond donors (Lipinski definition) is 0. The van der Waals surface area contributed by atoms with Crippen LogP contribution in [-0.2, 0) is 16.0 Å². The van der Waals surface area contributed by atoms with E-state index in [4.69, 9.17) is 9.47 Å². The second kappa shape index (κ2) is 7.97. The van der Waals surface area contributed by atoms with Crippen molar-refractivity contribution in [1.29, 1.82) is 0 Å². The largest absolute Gasteiger partial charge is 0.493 e. The van der Waals surface area contributed by atoms with Crippen LogP contribution in [0.15, 0.2) is 42.5 Å². The van der Waals surface area contributed by atoms with Crippen molar-refractivity contribution in [3.8, 4) is 11.5 Å². The van der Waals surface area contributed by atoms with Gasteiger partial charge in [0.25, 0.3) is 5.69 Å². The van der Waals surface area contributed by atoms with Crippen molar-refractivity contribution in [2.24, 2.45) is 0 Å². The van der Waals surface area contributed by atoms with Crippen molar-refractivity contribution in [1.82, 2.24) is 4.90 Å². The Labute approximate surface area is 165 Å². The number of urea groups is 1. The van der Waals surface area contributed by atoms with Crippen molar-refractivity contribution in [3.05, 3.63) is 58.1 Å². The number of rotatable bonds is 7. The zero-order valence-electron chi connectivity index (χ0n) is 15.7. The zero-order valence-corrected chi connectivity index (χ0v) is 15.7. The number of anilines is 1. The summed E-state index contributed by atoms with van der Waals surface area (Å²) in [7, 11) is 3.01. The molecule has 0 atom stereocenters. The Bertz CT molecular complexity index is 988. The number of amides is 4. The molecule has 0 radical (unpaired) electrons. The number of hydrogen-bond acceptors (Lipinski definition) is 7. The Balaban J connectivity index is 1.76. The van der Waals surface area contributed by atoms with Crippen LogP contribution in [-0.4, -0.2) is 48.4 Å². The number of methoxy groups -OCH3 is 2. The van der Waals surface area contributed by atoms with Crippen LogP contribution in [0.3, 0.4) is 0 Å². The molecule has 0 saturated carbocycles. The highest BCUT2D eigenvalue weighted by Gasteiger charge is 2.45. The summed E-state index contributed by atoms with van der Waals surface area (Å²) in [5, 5.41) is 10.8. The summed E-state index contributed by atoms with van der Waals surface area (Å²) in [4.78, 5) is 48.9. The number of benzene rings is 2. The summed E-state index contributed by atoms with van der Waals surface area (Å²) in [6, 6.07) is 9.21. The fraction of sp³-hybridized carbons (Fsp3) is 0.211. The van der Waals surface area contributed by atoms with Crippen molar-refractivity contribution in [3.63, 3.8) is 0 Å². The third-order valence-corrected chi connectivity index (χ3v) is 4.44. The summed E-state index contributed by atoms with van der Waals surface area (Å²) in [5.41, 5.74) is 0.682. The monoisotopic (exact) mass is 399 g/mol. The van der Waals surface area contributed by atoms with Gasteiger partial charge in [0.15, 0.2) is 11.5 Å². The summed E-state index contributed by atoms with van der Waals surface area (Å²) < 4.78 is 10.4. The Morgan fingerprint density at radius 1 is 0.931 bits per heavy atom. The molecule has 4 amide bonds. The quantitative estimate of drug-likeness (QED) is 0.303. The molecule has 2 aromatic carbocycles. The molecular formula is C19H17N3O7. The van der Waals surface area contributed by atoms with Crippen LogP contribution >= 0.6 is 0 Å². The molecule has 1 aliphatic heterocycles. The fourth-order valence-electron chi connectivity index (χ4n) is 2.93. The fourth-order valence-corrected chi connectivity index (χ4v) is 2.93. The first-order valence-electron chi connectivity index (χ1n) is 8.52. The third-order valence-electron chi connectivity index (χ3n) is 4.44. The maximum Gasteiger partial charge on any atom is 0.338 e. The van der Waals surface area contributed by atoms with E-state index in [0.717, 1.165) is 22.6 Å². The lowest BCUT2D eigenvalue weighted by molar-refractivity contribution is -0.384. The molecule has 0 spiro atoms. The lowest BCUT2D eigenvalue weighted by Crippen LogP contribution is -2.34. The summed E-state index contributed by atoms with van der Waals surface area (Å²) in [5.74, 6) is -0.901. The van der Waals surface area contributed by atoms with E-state index in [1.807, 2.05) is 0 Å². The second-order valence-electron chi connectivity index (χ2n) is 6.09. The number of ether oxygens (including phenoxy) is 2. The number of nitrogens with zero attached hydrogens (tertiary/aromatic N) is 3. The van der Waals surface area contributed by atoms with Crippen molar-refractivity contribution >= 4 is 29.2 Å². The molecule has 29 heavy (non-hydrogen) atoms. The Kier molecular flexibility index (Phi) is 5.44. The number of nitro groups is 1. The van der Waals surface area contributed by atoms with E-state index in [9.17, 15) is 24.5 Å². The standard InChI is InChI=1S/C19H17N3O7/c1-28-15-8-3-12(11-16(15)29-2)9-10-20-17(23)18(24)21(19(20)25)13-4-6-14(7-5-13)22(26)27/h3-8,11H,9-10H2,1-2H3. The van der Waals surface area contributed by atoms with Crippen molar-refractivity contribution in [2.45, 2.75) is 6.42 Å². The number of imide groups is 2. The van der Waals surface area contributed by atoms with E-state index in [2.05, 4.69) is 0 Å². The van der Waals surface area contributed by atoms with Gasteiger partial charge in [-0.3, -0.25) is 24.6 Å². The van der Waals surface area contributed by atoms with Crippen LogP contribution in [0.25, 0.3) is 0 Å². The number of carbonyl (C=O) groups excluding carboxylic acids is 3. The highest BCUT2D eigenvalue weighted by molar-refractivity contribution is 6.52. The van der Waals surface area contributed by atoms with E-state index in [0.29, 0.717) is 22.8 Å². The molecule has 10 nitrogen and oxygen atoms in total. The first-order chi connectivity index (χ1) is 13.9. The van der Waals surface area contributed by atoms with E-state index in [1.54, 1.807) is 18.2 Å². The summed E-state index contributed by atoms with van der Waals surface area (Å²) in [6.07, 6.45) is 0.305. The minimum Gasteiger partial charge on any atom is -0.493 e. The minimum atomic E-state index is -1.00. The van der Waals surface area contributed by atoms with Gasteiger partial charge in [-0.05, 0) is 36.2 Å². The molecule has 150 valence electrons. The van der Waals surface area contributed by atoms with Gasteiger partial charge in [-0.2, -0.15) is 0 Å². The highest BCUT2D eigenvalue weighted by Crippen LogP contribution is 2.28. The maximum atomic E-state index is 12.6. The minimum absolute atomic E-state index is 0.0115. The number of nitro benzene ring substituents is 1. The van der Waals surface area contributed by atoms with E-state index < -0.39 is 22.8 Å². The molecule has 1 aliphatic rings. The normalized spacial score (nSPS) is 13.8. The SMILES string of the molecule is COc1ccc(CCN2C(=O)C(=O)N(c3ccc([N+](=O)[O-])cc3)C2=O)cc1OC.